The number of aromatic nitrogens is 1. The summed E-state index contributed by atoms with van der Waals surface area (Å²) >= 11 is 0. The fourth-order valence-electron chi connectivity index (χ4n) is 4.02. The summed E-state index contributed by atoms with van der Waals surface area (Å²) in [7, 11) is 0. The maximum Gasteiger partial charge on any atom is 0.234 e. The number of pyridine rings is 1. The van der Waals surface area contributed by atoms with E-state index in [0.717, 1.165) is 24.6 Å². The molecule has 2 aliphatic heterocycles. The monoisotopic (exact) mass is 344 g/mol. The van der Waals surface area contributed by atoms with Gasteiger partial charge in [0.1, 0.15) is 0 Å². The van der Waals surface area contributed by atoms with Crippen molar-refractivity contribution < 1.29 is 4.79 Å². The summed E-state index contributed by atoms with van der Waals surface area (Å²) in [5, 5.41) is 3.02. The average molecular weight is 345 g/mol. The first-order chi connectivity index (χ1) is 12.2. The molecule has 0 aromatic carbocycles. The minimum absolute atomic E-state index is 0.122. The third-order valence-corrected chi connectivity index (χ3v) is 5.58. The Kier molecular flexibility index (Phi) is 6.82. The van der Waals surface area contributed by atoms with E-state index in [1.54, 1.807) is 12.4 Å². The number of carbonyl (C=O) groups excluding carboxylic acids is 1. The Bertz CT molecular complexity index is 528. The fourth-order valence-corrected chi connectivity index (χ4v) is 4.02. The second-order valence-corrected chi connectivity index (χ2v) is 7.86. The highest BCUT2D eigenvalue weighted by Gasteiger charge is 2.25. The molecule has 5 heteroatoms. The zero-order chi connectivity index (χ0) is 17.5. The van der Waals surface area contributed by atoms with Crippen LogP contribution in [0, 0.1) is 11.8 Å². The minimum Gasteiger partial charge on any atom is -0.351 e. The van der Waals surface area contributed by atoms with Crippen LogP contribution in [0.3, 0.4) is 0 Å². The van der Waals surface area contributed by atoms with E-state index in [1.807, 2.05) is 12.1 Å². The number of carbonyl (C=O) groups is 1. The molecule has 2 aliphatic rings. The Morgan fingerprint density at radius 3 is 2.84 bits per heavy atom. The van der Waals surface area contributed by atoms with Gasteiger partial charge in [0.15, 0.2) is 0 Å². The number of hydrogen-bond acceptors (Lipinski definition) is 4. The number of piperidine rings is 2. The SMILES string of the molecule is CC1CCN(C[C@@H]2CCCN(CC(=O)NCc3cccnc3)C2)CC1. The van der Waals surface area contributed by atoms with E-state index in [1.165, 1.54) is 45.3 Å². The molecule has 0 radical (unpaired) electrons. The van der Waals surface area contributed by atoms with Gasteiger partial charge in [0, 0.05) is 32.0 Å². The average Bonchev–Trinajstić information content (AvgIpc) is 2.63. The van der Waals surface area contributed by atoms with Gasteiger partial charge in [-0.15, -0.1) is 0 Å². The summed E-state index contributed by atoms with van der Waals surface area (Å²) < 4.78 is 0. The molecule has 2 fully saturated rings. The summed E-state index contributed by atoms with van der Waals surface area (Å²) in [6.07, 6.45) is 8.75. The number of likely N-dealkylation sites (tertiary alicyclic amines) is 2. The van der Waals surface area contributed by atoms with E-state index in [0.29, 0.717) is 19.0 Å². The third-order valence-electron chi connectivity index (χ3n) is 5.58. The first kappa shape index (κ1) is 18.3. The highest BCUT2D eigenvalue weighted by atomic mass is 16.2. The Labute approximate surface area is 151 Å². The van der Waals surface area contributed by atoms with Crippen molar-refractivity contribution in [1.29, 1.82) is 0 Å². The Hall–Kier alpha value is -1.46. The van der Waals surface area contributed by atoms with E-state index in [-0.39, 0.29) is 5.91 Å². The topological polar surface area (TPSA) is 48.5 Å². The molecule has 3 heterocycles. The Balaban J connectivity index is 1.38. The van der Waals surface area contributed by atoms with Crippen molar-refractivity contribution >= 4 is 5.91 Å². The maximum absolute atomic E-state index is 12.2. The highest BCUT2D eigenvalue weighted by molar-refractivity contribution is 5.78. The van der Waals surface area contributed by atoms with Crippen molar-refractivity contribution in [3.05, 3.63) is 30.1 Å². The summed E-state index contributed by atoms with van der Waals surface area (Å²) in [6.45, 7) is 9.28. The number of nitrogens with zero attached hydrogens (tertiary/aromatic N) is 3. The van der Waals surface area contributed by atoms with Crippen molar-refractivity contribution in [3.63, 3.8) is 0 Å². The van der Waals surface area contributed by atoms with Gasteiger partial charge in [-0.05, 0) is 68.8 Å². The van der Waals surface area contributed by atoms with Crippen LogP contribution in [0.15, 0.2) is 24.5 Å². The predicted octanol–water partition coefficient (Wildman–Crippen LogP) is 2.14. The molecule has 25 heavy (non-hydrogen) atoms. The summed E-state index contributed by atoms with van der Waals surface area (Å²) in [5.41, 5.74) is 1.05. The molecule has 1 atom stereocenters. The van der Waals surface area contributed by atoms with Crippen molar-refractivity contribution in [1.82, 2.24) is 20.1 Å². The van der Waals surface area contributed by atoms with Crippen molar-refractivity contribution in [2.45, 2.75) is 39.2 Å². The van der Waals surface area contributed by atoms with E-state index in [4.69, 9.17) is 0 Å². The van der Waals surface area contributed by atoms with Gasteiger partial charge >= 0.3 is 0 Å². The predicted molar refractivity (Wildman–Crippen MR) is 100 cm³/mol. The van der Waals surface area contributed by atoms with Crippen LogP contribution in [0.25, 0.3) is 0 Å². The van der Waals surface area contributed by atoms with Crippen LogP contribution in [-0.4, -0.2) is 60.0 Å². The van der Waals surface area contributed by atoms with Gasteiger partial charge in [-0.25, -0.2) is 0 Å². The molecular weight excluding hydrogens is 312 g/mol. The molecule has 1 amide bonds. The molecule has 1 aromatic rings. The van der Waals surface area contributed by atoms with E-state index < -0.39 is 0 Å². The van der Waals surface area contributed by atoms with E-state index in [2.05, 4.69) is 27.0 Å². The molecule has 138 valence electrons. The zero-order valence-electron chi connectivity index (χ0n) is 15.5. The van der Waals surface area contributed by atoms with E-state index >= 15 is 0 Å². The quantitative estimate of drug-likeness (QED) is 0.859. The van der Waals surface area contributed by atoms with Gasteiger partial charge in [-0.1, -0.05) is 13.0 Å². The van der Waals surface area contributed by atoms with Gasteiger partial charge in [0.2, 0.25) is 5.91 Å². The summed E-state index contributed by atoms with van der Waals surface area (Å²) in [6, 6.07) is 3.89. The molecule has 2 saturated heterocycles. The van der Waals surface area contributed by atoms with Crippen LogP contribution in [0.4, 0.5) is 0 Å². The molecule has 0 spiro atoms. The van der Waals surface area contributed by atoms with Gasteiger partial charge < -0.3 is 10.2 Å². The van der Waals surface area contributed by atoms with Gasteiger partial charge in [0.05, 0.1) is 6.54 Å². The molecule has 0 bridgehead atoms. The molecule has 0 aliphatic carbocycles. The number of nitrogens with one attached hydrogen (secondary N) is 1. The van der Waals surface area contributed by atoms with Gasteiger partial charge in [0.25, 0.3) is 0 Å². The van der Waals surface area contributed by atoms with Crippen molar-refractivity contribution in [2.24, 2.45) is 11.8 Å². The molecule has 5 nitrogen and oxygen atoms in total. The minimum atomic E-state index is 0.122. The Morgan fingerprint density at radius 1 is 1.24 bits per heavy atom. The smallest absolute Gasteiger partial charge is 0.234 e. The molecular formula is C20H32N4O. The lowest BCUT2D eigenvalue weighted by Gasteiger charge is -2.37. The highest BCUT2D eigenvalue weighted by Crippen LogP contribution is 2.21. The van der Waals surface area contributed by atoms with Crippen LogP contribution in [0.1, 0.15) is 38.2 Å². The van der Waals surface area contributed by atoms with Crippen molar-refractivity contribution in [3.8, 4) is 0 Å². The van der Waals surface area contributed by atoms with Crippen LogP contribution < -0.4 is 5.32 Å². The van der Waals surface area contributed by atoms with Gasteiger partial charge in [-0.3, -0.25) is 14.7 Å². The first-order valence-electron chi connectivity index (χ1n) is 9.79. The Morgan fingerprint density at radius 2 is 2.08 bits per heavy atom. The number of amides is 1. The molecule has 0 unspecified atom stereocenters. The molecule has 1 aromatic heterocycles. The largest absolute Gasteiger partial charge is 0.351 e. The lowest BCUT2D eigenvalue weighted by atomic mass is 9.94. The molecule has 0 saturated carbocycles. The van der Waals surface area contributed by atoms with Crippen LogP contribution >= 0.6 is 0 Å². The van der Waals surface area contributed by atoms with Gasteiger partial charge in [-0.2, -0.15) is 0 Å². The summed E-state index contributed by atoms with van der Waals surface area (Å²) in [5.74, 6) is 1.73. The molecule has 3 rings (SSSR count). The third kappa shape index (κ3) is 6.08. The van der Waals surface area contributed by atoms with Crippen molar-refractivity contribution in [2.75, 3.05) is 39.3 Å². The second kappa shape index (κ2) is 9.30. The maximum atomic E-state index is 12.2. The zero-order valence-corrected chi connectivity index (χ0v) is 15.5. The molecule has 1 N–H and O–H groups in total. The van der Waals surface area contributed by atoms with Crippen LogP contribution in [0.2, 0.25) is 0 Å². The lowest BCUT2D eigenvalue weighted by Crippen LogP contribution is -2.46. The van der Waals surface area contributed by atoms with Crippen LogP contribution in [0.5, 0.6) is 0 Å². The lowest BCUT2D eigenvalue weighted by molar-refractivity contribution is -0.122. The summed E-state index contributed by atoms with van der Waals surface area (Å²) in [4.78, 5) is 21.3. The fraction of sp³-hybridized carbons (Fsp3) is 0.700. The van der Waals surface area contributed by atoms with E-state index in [9.17, 15) is 4.79 Å². The number of hydrogen-bond donors (Lipinski definition) is 1. The standard InChI is InChI=1S/C20H32N4O/c1-17-6-10-23(11-7-17)14-19-5-3-9-24(15-19)16-20(25)22-13-18-4-2-8-21-12-18/h2,4,8,12,17,19H,3,5-7,9-11,13-16H2,1H3,(H,22,25)/t19-/m0/s1. The van der Waals surface area contributed by atoms with Crippen LogP contribution in [-0.2, 0) is 11.3 Å². The number of rotatable bonds is 6. The normalized spacial score (nSPS) is 23.5. The second-order valence-electron chi connectivity index (χ2n) is 7.86. The first-order valence-corrected chi connectivity index (χ1v) is 9.79.